The van der Waals surface area contributed by atoms with Gasteiger partial charge in [0.1, 0.15) is 12.4 Å². The number of nitrogens with one attached hydrogen (secondary N) is 2. The van der Waals surface area contributed by atoms with Gasteiger partial charge in [-0.05, 0) is 62.1 Å². The number of amides is 2. The van der Waals surface area contributed by atoms with Gasteiger partial charge in [-0.15, -0.1) is 11.1 Å². The predicted molar refractivity (Wildman–Crippen MR) is 106 cm³/mol. The largest absolute Gasteiger partial charge is 0.489 e. The highest BCUT2D eigenvalue weighted by Crippen LogP contribution is 2.34. The van der Waals surface area contributed by atoms with Gasteiger partial charge in [0.05, 0.1) is 5.69 Å². The first-order valence-corrected chi connectivity index (χ1v) is 9.41. The summed E-state index contributed by atoms with van der Waals surface area (Å²) >= 11 is 0. The van der Waals surface area contributed by atoms with Crippen LogP contribution in [0.4, 0.5) is 10.5 Å². The molecular weight excluding hydrogens is 356 g/mol. The van der Waals surface area contributed by atoms with Crippen molar-refractivity contribution in [2.24, 2.45) is 5.92 Å². The van der Waals surface area contributed by atoms with Crippen LogP contribution in [0.3, 0.4) is 0 Å². The number of carbonyl (C=O) groups is 2. The van der Waals surface area contributed by atoms with Gasteiger partial charge in [-0.2, -0.15) is 0 Å². The van der Waals surface area contributed by atoms with Crippen molar-refractivity contribution in [2.75, 3.05) is 12.1 Å². The molecule has 0 aromatic heterocycles. The lowest BCUT2D eigenvalue weighted by atomic mass is 10.0. The quantitative estimate of drug-likeness (QED) is 0.753. The molecule has 2 N–H and O–H groups in total. The molecule has 28 heavy (non-hydrogen) atoms. The number of ether oxygens (including phenoxy) is 1. The number of anilines is 1. The van der Waals surface area contributed by atoms with Crippen LogP contribution in [0.15, 0.2) is 36.4 Å². The van der Waals surface area contributed by atoms with Crippen LogP contribution in [0.1, 0.15) is 39.9 Å². The molecule has 146 valence electrons. The Bertz CT molecular complexity index is 939. The van der Waals surface area contributed by atoms with Crippen LogP contribution in [0.5, 0.6) is 5.75 Å². The number of Topliss-reactive ketones (excluding diaryl/α,β-unsaturated/α-hetero) is 1. The van der Waals surface area contributed by atoms with E-state index in [0.717, 1.165) is 46.5 Å². The number of ketones is 1. The van der Waals surface area contributed by atoms with Gasteiger partial charge in [0.15, 0.2) is 5.78 Å². The summed E-state index contributed by atoms with van der Waals surface area (Å²) in [5, 5.41) is 2.82. The highest BCUT2D eigenvalue weighted by atomic mass is 16.5. The fraction of sp³-hybridized carbons (Fsp3) is 0.333. The van der Waals surface area contributed by atoms with E-state index in [-0.39, 0.29) is 17.7 Å². The van der Waals surface area contributed by atoms with E-state index in [1.165, 1.54) is 10.0 Å². The number of hydrazine groups is 3. The molecule has 7 heteroatoms. The molecule has 4 rings (SSSR count). The van der Waals surface area contributed by atoms with Crippen LogP contribution >= 0.6 is 0 Å². The average molecular weight is 380 g/mol. The Balaban J connectivity index is 1.54. The van der Waals surface area contributed by atoms with Gasteiger partial charge in [-0.1, -0.05) is 12.1 Å². The second kappa shape index (κ2) is 7.26. The van der Waals surface area contributed by atoms with Gasteiger partial charge < -0.3 is 4.74 Å². The van der Waals surface area contributed by atoms with Gasteiger partial charge in [-0.25, -0.2) is 14.8 Å². The van der Waals surface area contributed by atoms with Crippen molar-refractivity contribution in [3.8, 4) is 5.75 Å². The third-order valence-corrected chi connectivity index (χ3v) is 5.21. The van der Waals surface area contributed by atoms with Crippen molar-refractivity contribution in [3.63, 3.8) is 0 Å². The molecule has 0 atom stereocenters. The molecule has 2 aliphatic rings. The Labute approximate surface area is 164 Å². The Kier molecular flexibility index (Phi) is 4.78. The molecule has 0 bridgehead atoms. The lowest BCUT2D eigenvalue weighted by Gasteiger charge is -2.20. The van der Waals surface area contributed by atoms with E-state index in [2.05, 4.69) is 11.1 Å². The summed E-state index contributed by atoms with van der Waals surface area (Å²) in [6.07, 6.45) is 2.00. The summed E-state index contributed by atoms with van der Waals surface area (Å²) in [6, 6.07) is 11.2. The molecule has 2 amide bonds. The molecule has 1 saturated heterocycles. The maximum absolute atomic E-state index is 12.3. The highest BCUT2D eigenvalue weighted by Gasteiger charge is 2.31. The summed E-state index contributed by atoms with van der Waals surface area (Å²) in [6.45, 7) is 4.25. The minimum atomic E-state index is -0.203. The number of carbonyl (C=O) groups excluding carboxylic acids is 2. The maximum Gasteiger partial charge on any atom is 0.355 e. The van der Waals surface area contributed by atoms with Crippen LogP contribution in [0.2, 0.25) is 0 Å². The zero-order chi connectivity index (χ0) is 19.8. The van der Waals surface area contributed by atoms with E-state index in [0.29, 0.717) is 6.61 Å². The highest BCUT2D eigenvalue weighted by molar-refractivity contribution is 5.99. The third-order valence-electron chi connectivity index (χ3n) is 5.21. The normalized spacial score (nSPS) is 16.6. The zero-order valence-electron chi connectivity index (χ0n) is 16.3. The smallest absolute Gasteiger partial charge is 0.355 e. The van der Waals surface area contributed by atoms with E-state index in [1.807, 2.05) is 50.2 Å². The van der Waals surface area contributed by atoms with Gasteiger partial charge in [0.2, 0.25) is 0 Å². The molecule has 0 radical (unpaired) electrons. The van der Waals surface area contributed by atoms with Gasteiger partial charge in [-0.3, -0.25) is 4.79 Å². The van der Waals surface area contributed by atoms with Gasteiger partial charge in [0, 0.05) is 24.1 Å². The number of rotatable bonds is 6. The average Bonchev–Trinajstić information content (AvgIpc) is 3.47. The third kappa shape index (κ3) is 3.46. The summed E-state index contributed by atoms with van der Waals surface area (Å²) in [5.41, 5.74) is 9.98. The lowest BCUT2D eigenvalue weighted by molar-refractivity contribution is 0.0967. The van der Waals surface area contributed by atoms with E-state index in [4.69, 9.17) is 4.74 Å². The Morgan fingerprint density at radius 2 is 1.93 bits per heavy atom. The topological polar surface area (TPSA) is 73.9 Å². The molecule has 1 aliphatic heterocycles. The predicted octanol–water partition coefficient (Wildman–Crippen LogP) is 3.27. The van der Waals surface area contributed by atoms with Crippen LogP contribution in [-0.2, 0) is 6.61 Å². The van der Waals surface area contributed by atoms with E-state index < -0.39 is 0 Å². The SMILES string of the molecule is Cc1cc(C(=O)C2CC2)ccc1OCc1c(C)cccc1N1NNN(C)C1=O. The second-order valence-electron chi connectivity index (χ2n) is 7.38. The molecule has 2 aromatic carbocycles. The van der Waals surface area contributed by atoms with Crippen LogP contribution in [0.25, 0.3) is 0 Å². The van der Waals surface area contributed by atoms with Crippen LogP contribution in [0, 0.1) is 19.8 Å². The van der Waals surface area contributed by atoms with Crippen molar-refractivity contribution in [3.05, 3.63) is 58.7 Å². The van der Waals surface area contributed by atoms with E-state index >= 15 is 0 Å². The molecule has 1 aliphatic carbocycles. The fourth-order valence-electron chi connectivity index (χ4n) is 3.31. The van der Waals surface area contributed by atoms with Gasteiger partial charge >= 0.3 is 6.03 Å². The first-order chi connectivity index (χ1) is 13.5. The summed E-state index contributed by atoms with van der Waals surface area (Å²) < 4.78 is 6.07. The first kappa shape index (κ1) is 18.5. The Morgan fingerprint density at radius 3 is 2.57 bits per heavy atom. The second-order valence-corrected chi connectivity index (χ2v) is 7.38. The lowest BCUT2D eigenvalue weighted by Crippen LogP contribution is -2.38. The Hall–Kier alpha value is -2.90. The number of hydrogen-bond acceptors (Lipinski definition) is 5. The number of hydrogen-bond donors (Lipinski definition) is 2. The number of nitrogens with zero attached hydrogens (tertiary/aromatic N) is 2. The number of benzene rings is 2. The fourth-order valence-corrected chi connectivity index (χ4v) is 3.31. The Morgan fingerprint density at radius 1 is 1.14 bits per heavy atom. The number of urea groups is 1. The summed E-state index contributed by atoms with van der Waals surface area (Å²) in [5.74, 6) is 1.17. The molecule has 0 spiro atoms. The molecular formula is C21H24N4O3. The van der Waals surface area contributed by atoms with Crippen molar-refractivity contribution in [2.45, 2.75) is 33.3 Å². The van der Waals surface area contributed by atoms with Crippen molar-refractivity contribution >= 4 is 17.5 Å². The van der Waals surface area contributed by atoms with Crippen molar-refractivity contribution in [1.29, 1.82) is 0 Å². The standard InChI is InChI=1S/C21H24N4O3/c1-13-5-4-6-18(25-21(27)24(3)22-23-25)17(13)12-28-19-10-9-16(11-14(19)2)20(26)15-7-8-15/h4-6,9-11,15,22-23H,7-8,12H2,1-3H3. The monoisotopic (exact) mass is 380 g/mol. The minimum Gasteiger partial charge on any atom is -0.489 e. The summed E-state index contributed by atoms with van der Waals surface area (Å²) in [4.78, 5) is 24.6. The van der Waals surface area contributed by atoms with E-state index in [9.17, 15) is 9.59 Å². The molecule has 7 nitrogen and oxygen atoms in total. The van der Waals surface area contributed by atoms with Crippen molar-refractivity contribution in [1.82, 2.24) is 16.1 Å². The van der Waals surface area contributed by atoms with Crippen LogP contribution < -0.4 is 20.8 Å². The molecule has 1 heterocycles. The zero-order valence-corrected chi connectivity index (χ0v) is 16.3. The summed E-state index contributed by atoms with van der Waals surface area (Å²) in [7, 11) is 1.65. The number of aryl methyl sites for hydroxylation is 2. The molecule has 0 unspecified atom stereocenters. The van der Waals surface area contributed by atoms with Crippen molar-refractivity contribution < 1.29 is 14.3 Å². The molecule has 2 aromatic rings. The first-order valence-electron chi connectivity index (χ1n) is 9.41. The van der Waals surface area contributed by atoms with E-state index in [1.54, 1.807) is 7.05 Å². The van der Waals surface area contributed by atoms with Gasteiger partial charge in [0.25, 0.3) is 0 Å². The van der Waals surface area contributed by atoms with Crippen LogP contribution in [-0.4, -0.2) is 23.9 Å². The maximum atomic E-state index is 12.3. The minimum absolute atomic E-state index is 0.203. The molecule has 1 saturated carbocycles. The molecule has 2 fully saturated rings.